The predicted molar refractivity (Wildman–Crippen MR) is 75.0 cm³/mol. The van der Waals surface area contributed by atoms with Gasteiger partial charge in [0.1, 0.15) is 5.76 Å². The molecular weight excluding hydrogens is 280 g/mol. The molecule has 7 heteroatoms. The molecule has 20 heavy (non-hydrogen) atoms. The van der Waals surface area contributed by atoms with E-state index in [2.05, 4.69) is 10.0 Å². The first-order valence-electron chi connectivity index (χ1n) is 6.73. The number of rotatable bonds is 6. The lowest BCUT2D eigenvalue weighted by atomic mass is 9.80. The summed E-state index contributed by atoms with van der Waals surface area (Å²) in [4.78, 5) is 0. The van der Waals surface area contributed by atoms with Gasteiger partial charge in [-0.15, -0.1) is 0 Å². The van der Waals surface area contributed by atoms with Crippen molar-refractivity contribution >= 4 is 10.0 Å². The molecule has 0 saturated carbocycles. The normalized spacial score (nSPS) is 19.1. The fourth-order valence-electron chi connectivity index (χ4n) is 2.51. The summed E-state index contributed by atoms with van der Waals surface area (Å²) in [5.74, 6) is 0.582. The second-order valence-electron chi connectivity index (χ2n) is 5.37. The molecule has 114 valence electrons. The number of aryl methyl sites for hydroxylation is 1. The molecule has 0 unspecified atom stereocenters. The highest BCUT2D eigenvalue weighted by Gasteiger charge is 2.34. The molecule has 0 aliphatic carbocycles. The Balaban J connectivity index is 2.05. The average molecular weight is 302 g/mol. The Hall–Kier alpha value is -0.890. The van der Waals surface area contributed by atoms with Gasteiger partial charge in [0.25, 0.3) is 10.0 Å². The molecule has 0 atom stereocenters. The predicted octanol–water partition coefficient (Wildman–Crippen LogP) is 0.883. The van der Waals surface area contributed by atoms with Crippen molar-refractivity contribution in [3.63, 3.8) is 0 Å². The molecular formula is C13H22N2O4S. The highest BCUT2D eigenvalue weighted by atomic mass is 32.2. The van der Waals surface area contributed by atoms with Gasteiger partial charge in [0.15, 0.2) is 0 Å². The van der Waals surface area contributed by atoms with Gasteiger partial charge in [0.2, 0.25) is 5.09 Å². The zero-order valence-corrected chi connectivity index (χ0v) is 12.8. The van der Waals surface area contributed by atoms with Gasteiger partial charge in [-0.3, -0.25) is 0 Å². The maximum Gasteiger partial charge on any atom is 0.273 e. The summed E-state index contributed by atoms with van der Waals surface area (Å²) in [7, 11) is -1.94. The van der Waals surface area contributed by atoms with Crippen molar-refractivity contribution in [2.45, 2.75) is 24.9 Å². The Kier molecular flexibility index (Phi) is 4.85. The van der Waals surface area contributed by atoms with Crippen LogP contribution in [-0.4, -0.2) is 41.8 Å². The molecule has 0 amide bonds. The van der Waals surface area contributed by atoms with Crippen LogP contribution in [0.3, 0.4) is 0 Å². The van der Waals surface area contributed by atoms with Crippen LogP contribution in [0.15, 0.2) is 21.6 Å². The van der Waals surface area contributed by atoms with Crippen LogP contribution in [0, 0.1) is 12.3 Å². The standard InChI is InChI=1S/C13H22N2O4S/c1-11-3-4-12(19-11)20(16,17)15-9-13(10-18-2)5-7-14-8-6-13/h3-4,14-15H,5-10H2,1-2H3. The molecule has 0 spiro atoms. The Morgan fingerprint density at radius 3 is 2.65 bits per heavy atom. The van der Waals surface area contributed by atoms with E-state index in [0.29, 0.717) is 18.9 Å². The third-order valence-electron chi connectivity index (χ3n) is 3.73. The van der Waals surface area contributed by atoms with Crippen molar-refractivity contribution in [2.24, 2.45) is 5.41 Å². The smallest absolute Gasteiger partial charge is 0.273 e. The molecule has 1 aliphatic rings. The topological polar surface area (TPSA) is 80.6 Å². The summed E-state index contributed by atoms with van der Waals surface area (Å²) in [5.41, 5.74) is -0.144. The van der Waals surface area contributed by atoms with Crippen molar-refractivity contribution < 1.29 is 17.6 Å². The maximum atomic E-state index is 12.2. The van der Waals surface area contributed by atoms with Crippen LogP contribution < -0.4 is 10.0 Å². The first-order valence-corrected chi connectivity index (χ1v) is 8.22. The van der Waals surface area contributed by atoms with Crippen LogP contribution in [0.1, 0.15) is 18.6 Å². The van der Waals surface area contributed by atoms with Gasteiger partial charge in [-0.05, 0) is 45.0 Å². The summed E-state index contributed by atoms with van der Waals surface area (Å²) in [6.07, 6.45) is 1.78. The third-order valence-corrected chi connectivity index (χ3v) is 5.01. The van der Waals surface area contributed by atoms with E-state index < -0.39 is 10.0 Å². The van der Waals surface area contributed by atoms with Crippen LogP contribution >= 0.6 is 0 Å². The number of ether oxygens (including phenoxy) is 1. The Labute approximate surface area is 119 Å². The molecule has 1 aliphatic heterocycles. The van der Waals surface area contributed by atoms with E-state index in [-0.39, 0.29) is 10.5 Å². The lowest BCUT2D eigenvalue weighted by Crippen LogP contribution is -2.47. The maximum absolute atomic E-state index is 12.2. The zero-order chi connectivity index (χ0) is 14.6. The molecule has 1 fully saturated rings. The molecule has 1 saturated heterocycles. The summed E-state index contributed by atoms with van der Waals surface area (Å²) in [6, 6.07) is 3.12. The second kappa shape index (κ2) is 6.26. The van der Waals surface area contributed by atoms with Crippen molar-refractivity contribution in [2.75, 3.05) is 33.4 Å². The first-order chi connectivity index (χ1) is 9.47. The molecule has 0 aromatic carbocycles. The molecule has 0 radical (unpaired) electrons. The van der Waals surface area contributed by atoms with Gasteiger partial charge in [0.05, 0.1) is 6.61 Å². The van der Waals surface area contributed by atoms with E-state index in [4.69, 9.17) is 9.15 Å². The van der Waals surface area contributed by atoms with Crippen molar-refractivity contribution in [1.82, 2.24) is 10.0 Å². The first kappa shape index (κ1) is 15.5. The molecule has 6 nitrogen and oxygen atoms in total. The van der Waals surface area contributed by atoms with Gasteiger partial charge in [-0.25, -0.2) is 13.1 Å². The quantitative estimate of drug-likeness (QED) is 0.815. The molecule has 1 aromatic heterocycles. The summed E-state index contributed by atoms with van der Waals surface area (Å²) in [5, 5.41) is 3.25. The highest BCUT2D eigenvalue weighted by Crippen LogP contribution is 2.29. The summed E-state index contributed by atoms with van der Waals surface area (Å²) in [6.45, 7) is 4.40. The van der Waals surface area contributed by atoms with E-state index in [1.807, 2.05) is 0 Å². The SMILES string of the molecule is COCC1(CNS(=O)(=O)c2ccc(C)o2)CCNCC1. The van der Waals surface area contributed by atoms with Crippen LogP contribution in [0.25, 0.3) is 0 Å². The van der Waals surface area contributed by atoms with Crippen LogP contribution in [-0.2, 0) is 14.8 Å². The third kappa shape index (κ3) is 3.60. The molecule has 2 rings (SSSR count). The fraction of sp³-hybridized carbons (Fsp3) is 0.692. The van der Waals surface area contributed by atoms with E-state index in [0.717, 1.165) is 25.9 Å². The molecule has 0 bridgehead atoms. The number of sulfonamides is 1. The summed E-state index contributed by atoms with van der Waals surface area (Å²) >= 11 is 0. The highest BCUT2D eigenvalue weighted by molar-refractivity contribution is 7.89. The average Bonchev–Trinajstić information content (AvgIpc) is 2.86. The Bertz CT molecular complexity index is 527. The van der Waals surface area contributed by atoms with Crippen molar-refractivity contribution in [1.29, 1.82) is 0 Å². The van der Waals surface area contributed by atoms with Crippen LogP contribution in [0.5, 0.6) is 0 Å². The number of methoxy groups -OCH3 is 1. The van der Waals surface area contributed by atoms with Gasteiger partial charge in [0, 0.05) is 19.1 Å². The lowest BCUT2D eigenvalue weighted by Gasteiger charge is -2.36. The Morgan fingerprint density at radius 2 is 2.10 bits per heavy atom. The van der Waals surface area contributed by atoms with Gasteiger partial charge >= 0.3 is 0 Å². The zero-order valence-electron chi connectivity index (χ0n) is 11.9. The van der Waals surface area contributed by atoms with E-state index in [1.54, 1.807) is 20.1 Å². The minimum atomic E-state index is -3.59. The number of piperidine rings is 1. The van der Waals surface area contributed by atoms with Crippen molar-refractivity contribution in [3.8, 4) is 0 Å². The van der Waals surface area contributed by atoms with Gasteiger partial charge in [-0.2, -0.15) is 0 Å². The lowest BCUT2D eigenvalue weighted by molar-refractivity contribution is 0.0576. The number of nitrogens with one attached hydrogen (secondary N) is 2. The van der Waals surface area contributed by atoms with Gasteiger partial charge < -0.3 is 14.5 Å². The summed E-state index contributed by atoms with van der Waals surface area (Å²) < 4.78 is 37.5. The minimum Gasteiger partial charge on any atom is -0.449 e. The number of hydrogen-bond acceptors (Lipinski definition) is 5. The van der Waals surface area contributed by atoms with Crippen LogP contribution in [0.4, 0.5) is 0 Å². The van der Waals surface area contributed by atoms with Crippen LogP contribution in [0.2, 0.25) is 0 Å². The van der Waals surface area contributed by atoms with E-state index >= 15 is 0 Å². The second-order valence-corrected chi connectivity index (χ2v) is 7.07. The largest absolute Gasteiger partial charge is 0.449 e. The van der Waals surface area contributed by atoms with E-state index in [9.17, 15) is 8.42 Å². The molecule has 2 N–H and O–H groups in total. The van der Waals surface area contributed by atoms with Gasteiger partial charge in [-0.1, -0.05) is 0 Å². The molecule has 1 aromatic rings. The monoisotopic (exact) mass is 302 g/mol. The number of furan rings is 1. The Morgan fingerprint density at radius 1 is 1.40 bits per heavy atom. The minimum absolute atomic E-state index is 0.0310. The van der Waals surface area contributed by atoms with Crippen molar-refractivity contribution in [3.05, 3.63) is 17.9 Å². The number of hydrogen-bond donors (Lipinski definition) is 2. The van der Waals surface area contributed by atoms with E-state index in [1.165, 1.54) is 6.07 Å². The fourth-order valence-corrected chi connectivity index (χ4v) is 3.64. The molecule has 2 heterocycles.